The van der Waals surface area contributed by atoms with E-state index >= 15 is 0 Å². The van der Waals surface area contributed by atoms with Gasteiger partial charge in [-0.1, -0.05) is 18.2 Å². The number of amides is 2. The van der Waals surface area contributed by atoms with Crippen LogP contribution in [0.2, 0.25) is 0 Å². The molecule has 6 nitrogen and oxygen atoms in total. The molecule has 0 aliphatic heterocycles. The summed E-state index contributed by atoms with van der Waals surface area (Å²) in [7, 11) is 0. The first-order valence-corrected chi connectivity index (χ1v) is 9.48. The lowest BCUT2D eigenvalue weighted by molar-refractivity contribution is -0.152. The van der Waals surface area contributed by atoms with Gasteiger partial charge in [-0.15, -0.1) is 11.8 Å². The van der Waals surface area contributed by atoms with Crippen LogP contribution >= 0.6 is 11.8 Å². The lowest BCUT2D eigenvalue weighted by atomic mass is 10.2. The van der Waals surface area contributed by atoms with Crippen molar-refractivity contribution in [1.82, 2.24) is 0 Å². The van der Waals surface area contributed by atoms with Crippen molar-refractivity contribution < 1.29 is 19.1 Å². The number of rotatable bonds is 8. The van der Waals surface area contributed by atoms with E-state index in [9.17, 15) is 14.4 Å². The molecule has 27 heavy (non-hydrogen) atoms. The summed E-state index contributed by atoms with van der Waals surface area (Å²) in [5, 5.41) is 5.32. The predicted molar refractivity (Wildman–Crippen MR) is 107 cm³/mol. The first-order chi connectivity index (χ1) is 12.9. The fraction of sp³-hybridized carbons (Fsp3) is 0.250. The Morgan fingerprint density at radius 3 is 2.15 bits per heavy atom. The Morgan fingerprint density at radius 1 is 0.963 bits per heavy atom. The first-order valence-electron chi connectivity index (χ1n) is 8.50. The van der Waals surface area contributed by atoms with Gasteiger partial charge in [0.15, 0.2) is 6.10 Å². The molecule has 0 radical (unpaired) electrons. The van der Waals surface area contributed by atoms with Gasteiger partial charge in [0, 0.05) is 28.9 Å². The molecule has 0 aliphatic carbocycles. The van der Waals surface area contributed by atoms with Gasteiger partial charge in [-0.3, -0.25) is 14.4 Å². The predicted octanol–water partition coefficient (Wildman–Crippen LogP) is 3.70. The van der Waals surface area contributed by atoms with Gasteiger partial charge >= 0.3 is 5.97 Å². The molecule has 0 aliphatic rings. The molecule has 2 aromatic rings. The van der Waals surface area contributed by atoms with E-state index in [1.807, 2.05) is 30.3 Å². The largest absolute Gasteiger partial charge is 0.453 e. The fourth-order valence-electron chi connectivity index (χ4n) is 2.16. The lowest BCUT2D eigenvalue weighted by Gasteiger charge is -2.14. The van der Waals surface area contributed by atoms with Gasteiger partial charge in [-0.2, -0.15) is 0 Å². The average Bonchev–Trinajstić information content (AvgIpc) is 2.63. The van der Waals surface area contributed by atoms with Crippen LogP contribution in [0, 0.1) is 0 Å². The molecule has 1 atom stereocenters. The summed E-state index contributed by atoms with van der Waals surface area (Å²) in [6.07, 6.45) is -0.669. The zero-order chi connectivity index (χ0) is 19.6. The van der Waals surface area contributed by atoms with Crippen molar-refractivity contribution in [2.24, 2.45) is 0 Å². The van der Waals surface area contributed by atoms with Crippen molar-refractivity contribution >= 4 is 40.9 Å². The molecule has 0 heterocycles. The first kappa shape index (κ1) is 20.5. The number of nitrogens with one attached hydrogen (secondary N) is 2. The van der Waals surface area contributed by atoms with Crippen LogP contribution in [0.25, 0.3) is 0 Å². The maximum absolute atomic E-state index is 12.1. The van der Waals surface area contributed by atoms with E-state index < -0.39 is 18.0 Å². The van der Waals surface area contributed by atoms with Crippen LogP contribution < -0.4 is 10.6 Å². The monoisotopic (exact) mass is 386 g/mol. The van der Waals surface area contributed by atoms with Crippen molar-refractivity contribution in [2.45, 2.75) is 31.3 Å². The number of esters is 1. The molecule has 0 saturated heterocycles. The van der Waals surface area contributed by atoms with Crippen LogP contribution in [-0.2, 0) is 19.1 Å². The Hall–Kier alpha value is -2.80. The van der Waals surface area contributed by atoms with Gasteiger partial charge in [-0.25, -0.2) is 0 Å². The number of thioether (sulfide) groups is 1. The van der Waals surface area contributed by atoms with Crippen LogP contribution in [0.1, 0.15) is 20.3 Å². The molecule has 0 spiro atoms. The van der Waals surface area contributed by atoms with Gasteiger partial charge in [0.25, 0.3) is 5.91 Å². The second-order valence-electron chi connectivity index (χ2n) is 5.79. The van der Waals surface area contributed by atoms with Gasteiger partial charge in [0.05, 0.1) is 6.42 Å². The Kier molecular flexibility index (Phi) is 7.88. The summed E-state index contributed by atoms with van der Waals surface area (Å²) in [5.41, 5.74) is 1.19. The van der Waals surface area contributed by atoms with Crippen LogP contribution in [0.15, 0.2) is 59.5 Å². The van der Waals surface area contributed by atoms with E-state index in [1.54, 1.807) is 36.0 Å². The Morgan fingerprint density at radius 2 is 1.56 bits per heavy atom. The number of carbonyl (C=O) groups excluding carboxylic acids is 3. The molecular weight excluding hydrogens is 364 g/mol. The number of hydrogen-bond acceptors (Lipinski definition) is 5. The van der Waals surface area contributed by atoms with E-state index in [1.165, 1.54) is 13.8 Å². The maximum atomic E-state index is 12.1. The minimum absolute atomic E-state index is 0.169. The van der Waals surface area contributed by atoms with Gasteiger partial charge in [0.2, 0.25) is 5.91 Å². The molecule has 142 valence electrons. The summed E-state index contributed by atoms with van der Waals surface area (Å²) in [4.78, 5) is 36.1. The van der Waals surface area contributed by atoms with E-state index in [0.717, 1.165) is 4.90 Å². The molecule has 0 fully saturated rings. The molecular formula is C20H22N2O4S. The highest BCUT2D eigenvalue weighted by Gasteiger charge is 2.17. The van der Waals surface area contributed by atoms with Crippen LogP contribution in [-0.4, -0.2) is 29.6 Å². The second-order valence-corrected chi connectivity index (χ2v) is 6.96. The van der Waals surface area contributed by atoms with Crippen LogP contribution in [0.3, 0.4) is 0 Å². The zero-order valence-corrected chi connectivity index (χ0v) is 16.0. The minimum Gasteiger partial charge on any atom is -0.453 e. The highest BCUT2D eigenvalue weighted by molar-refractivity contribution is 7.99. The molecule has 2 amide bonds. The van der Waals surface area contributed by atoms with E-state index in [0.29, 0.717) is 17.1 Å². The molecule has 2 aromatic carbocycles. The van der Waals surface area contributed by atoms with E-state index in [4.69, 9.17) is 4.74 Å². The third-order valence-electron chi connectivity index (χ3n) is 3.47. The van der Waals surface area contributed by atoms with Crippen LogP contribution in [0.4, 0.5) is 11.4 Å². The number of hydrogen-bond donors (Lipinski definition) is 2. The smallest absolute Gasteiger partial charge is 0.307 e. The fourth-order valence-corrected chi connectivity index (χ4v) is 3.02. The quantitative estimate of drug-likeness (QED) is 0.534. The van der Waals surface area contributed by atoms with Crippen molar-refractivity contribution in [3.8, 4) is 0 Å². The van der Waals surface area contributed by atoms with Gasteiger partial charge in [-0.05, 0) is 43.3 Å². The molecule has 2 rings (SSSR count). The van der Waals surface area contributed by atoms with E-state index in [2.05, 4.69) is 10.6 Å². The number of benzene rings is 2. The maximum Gasteiger partial charge on any atom is 0.307 e. The summed E-state index contributed by atoms with van der Waals surface area (Å²) in [6.45, 7) is 2.95. The highest BCUT2D eigenvalue weighted by atomic mass is 32.2. The van der Waals surface area contributed by atoms with Crippen molar-refractivity contribution in [1.29, 1.82) is 0 Å². The number of carbonyl (C=O) groups is 3. The third-order valence-corrected chi connectivity index (χ3v) is 4.48. The summed E-state index contributed by atoms with van der Waals surface area (Å²) < 4.78 is 5.18. The van der Waals surface area contributed by atoms with E-state index in [-0.39, 0.29) is 12.3 Å². The summed E-state index contributed by atoms with van der Waals surface area (Å²) in [6, 6.07) is 16.4. The topological polar surface area (TPSA) is 84.5 Å². The third kappa shape index (κ3) is 7.53. The number of ether oxygens (including phenoxy) is 1. The molecule has 2 N–H and O–H groups in total. The van der Waals surface area contributed by atoms with Crippen molar-refractivity contribution in [2.75, 3.05) is 16.4 Å². The lowest BCUT2D eigenvalue weighted by Crippen LogP contribution is -2.30. The Labute approximate surface area is 162 Å². The van der Waals surface area contributed by atoms with Gasteiger partial charge in [0.1, 0.15) is 0 Å². The standard InChI is InChI=1S/C20H22N2O4S/c1-14(26-19(24)12-13-27-18-6-4-3-5-7-18)20(25)22-17-10-8-16(9-11-17)21-15(2)23/h3-11,14H,12-13H2,1-2H3,(H,21,23)(H,22,25). The molecule has 7 heteroatoms. The summed E-state index contributed by atoms with van der Waals surface area (Å²) in [5.74, 6) is -0.409. The van der Waals surface area contributed by atoms with Gasteiger partial charge < -0.3 is 15.4 Å². The van der Waals surface area contributed by atoms with Crippen molar-refractivity contribution in [3.05, 3.63) is 54.6 Å². The number of anilines is 2. The second kappa shape index (κ2) is 10.4. The molecule has 0 bridgehead atoms. The average molecular weight is 386 g/mol. The zero-order valence-electron chi connectivity index (χ0n) is 15.2. The highest BCUT2D eigenvalue weighted by Crippen LogP contribution is 2.18. The minimum atomic E-state index is -0.894. The Balaban J connectivity index is 1.74. The molecule has 0 aromatic heterocycles. The molecule has 1 unspecified atom stereocenters. The van der Waals surface area contributed by atoms with Crippen molar-refractivity contribution in [3.63, 3.8) is 0 Å². The Bertz CT molecular complexity index is 778. The van der Waals surface area contributed by atoms with Crippen LogP contribution in [0.5, 0.6) is 0 Å². The molecule has 0 saturated carbocycles. The normalized spacial score (nSPS) is 11.3. The summed E-state index contributed by atoms with van der Waals surface area (Å²) >= 11 is 1.56. The SMILES string of the molecule is CC(=O)Nc1ccc(NC(=O)C(C)OC(=O)CCSc2ccccc2)cc1.